The molecule has 3 aromatic carbocycles. The standard InChI is InChI=1S/C24H20ClFN2O/c1-14-3-4-15(2)19(11-14)21-13-22-20-12-17(25)7-10-23(20)29-24(28(22)27-21)16-5-8-18(26)9-6-16/h3-12,22,24H,13H2,1-2H3/t22-,24-/m0/s1. The van der Waals surface area contributed by atoms with Gasteiger partial charge in [0.1, 0.15) is 11.6 Å². The largest absolute Gasteiger partial charge is 0.464 e. The molecular weight excluding hydrogens is 387 g/mol. The van der Waals surface area contributed by atoms with Gasteiger partial charge in [0.25, 0.3) is 0 Å². The number of hydrogen-bond acceptors (Lipinski definition) is 3. The third-order valence-electron chi connectivity index (χ3n) is 5.61. The summed E-state index contributed by atoms with van der Waals surface area (Å²) < 4.78 is 19.8. The van der Waals surface area contributed by atoms with Gasteiger partial charge in [-0.2, -0.15) is 5.10 Å². The molecule has 3 aromatic rings. The Morgan fingerprint density at radius 1 is 1.03 bits per heavy atom. The fraction of sp³-hybridized carbons (Fsp3) is 0.208. The van der Waals surface area contributed by atoms with Crippen LogP contribution in [0, 0.1) is 19.7 Å². The number of hydrogen-bond donors (Lipinski definition) is 0. The van der Waals surface area contributed by atoms with Crippen molar-refractivity contribution in [1.29, 1.82) is 0 Å². The van der Waals surface area contributed by atoms with Gasteiger partial charge in [0.2, 0.25) is 6.23 Å². The van der Waals surface area contributed by atoms with Gasteiger partial charge in [0.15, 0.2) is 0 Å². The maximum absolute atomic E-state index is 13.5. The van der Waals surface area contributed by atoms with Crippen molar-refractivity contribution in [3.05, 3.63) is 99.3 Å². The molecule has 5 rings (SSSR count). The van der Waals surface area contributed by atoms with Gasteiger partial charge < -0.3 is 4.74 Å². The highest BCUT2D eigenvalue weighted by Crippen LogP contribution is 2.48. The van der Waals surface area contributed by atoms with E-state index < -0.39 is 6.23 Å². The molecule has 0 N–H and O–H groups in total. The Morgan fingerprint density at radius 3 is 2.62 bits per heavy atom. The van der Waals surface area contributed by atoms with Gasteiger partial charge in [0, 0.05) is 28.1 Å². The Labute approximate surface area is 174 Å². The van der Waals surface area contributed by atoms with Crippen LogP contribution in [0.4, 0.5) is 4.39 Å². The van der Waals surface area contributed by atoms with Crippen molar-refractivity contribution < 1.29 is 9.13 Å². The van der Waals surface area contributed by atoms with Gasteiger partial charge in [-0.3, -0.25) is 0 Å². The van der Waals surface area contributed by atoms with Crippen LogP contribution in [-0.4, -0.2) is 10.7 Å². The van der Waals surface area contributed by atoms with Crippen LogP contribution in [0.3, 0.4) is 0 Å². The van der Waals surface area contributed by atoms with Crippen molar-refractivity contribution in [2.24, 2.45) is 5.10 Å². The van der Waals surface area contributed by atoms with Crippen molar-refractivity contribution in [1.82, 2.24) is 5.01 Å². The van der Waals surface area contributed by atoms with E-state index in [2.05, 4.69) is 32.0 Å². The lowest BCUT2D eigenvalue weighted by Gasteiger charge is -2.38. The molecule has 0 saturated heterocycles. The molecule has 0 fully saturated rings. The smallest absolute Gasteiger partial charge is 0.213 e. The highest BCUT2D eigenvalue weighted by Gasteiger charge is 2.41. The molecular formula is C24H20ClFN2O. The number of halogens is 2. The van der Waals surface area contributed by atoms with Crippen LogP contribution in [0.15, 0.2) is 65.8 Å². The normalized spacial score (nSPS) is 20.0. The van der Waals surface area contributed by atoms with E-state index in [1.54, 1.807) is 12.1 Å². The lowest BCUT2D eigenvalue weighted by molar-refractivity contribution is -0.0190. The molecule has 0 spiro atoms. The SMILES string of the molecule is Cc1ccc(C)c(C2=NN3[C@@H](C2)c2cc(Cl)ccc2O[C@H]3c2ccc(F)cc2)c1. The van der Waals surface area contributed by atoms with Gasteiger partial charge in [-0.05, 0) is 55.8 Å². The summed E-state index contributed by atoms with van der Waals surface area (Å²) in [5.74, 6) is 0.525. The summed E-state index contributed by atoms with van der Waals surface area (Å²) >= 11 is 6.28. The van der Waals surface area contributed by atoms with E-state index in [0.717, 1.165) is 34.6 Å². The average molecular weight is 407 g/mol. The van der Waals surface area contributed by atoms with E-state index in [1.165, 1.54) is 23.3 Å². The monoisotopic (exact) mass is 406 g/mol. The molecule has 5 heteroatoms. The number of aryl methyl sites for hydroxylation is 2. The second-order valence-corrected chi connectivity index (χ2v) is 8.11. The maximum atomic E-state index is 13.5. The third-order valence-corrected chi connectivity index (χ3v) is 5.85. The Morgan fingerprint density at radius 2 is 1.83 bits per heavy atom. The summed E-state index contributed by atoms with van der Waals surface area (Å²) in [6.45, 7) is 4.19. The molecule has 0 saturated carbocycles. The molecule has 0 unspecified atom stereocenters. The number of benzene rings is 3. The molecule has 146 valence electrons. The molecule has 0 amide bonds. The fourth-order valence-electron chi connectivity index (χ4n) is 4.11. The van der Waals surface area contributed by atoms with Gasteiger partial charge >= 0.3 is 0 Å². The quantitative estimate of drug-likeness (QED) is 0.496. The summed E-state index contributed by atoms with van der Waals surface area (Å²) in [7, 11) is 0. The van der Waals surface area contributed by atoms with Crippen molar-refractivity contribution in [3.63, 3.8) is 0 Å². The molecule has 2 atom stereocenters. The Kier molecular flexibility index (Phi) is 4.32. The molecule has 0 radical (unpaired) electrons. The third kappa shape index (κ3) is 3.18. The van der Waals surface area contributed by atoms with Crippen LogP contribution in [0.1, 0.15) is 46.5 Å². The van der Waals surface area contributed by atoms with E-state index in [4.69, 9.17) is 21.4 Å². The minimum Gasteiger partial charge on any atom is -0.464 e. The fourth-order valence-corrected chi connectivity index (χ4v) is 4.30. The minimum absolute atomic E-state index is 0.0161. The molecule has 29 heavy (non-hydrogen) atoms. The van der Waals surface area contributed by atoms with Crippen molar-refractivity contribution in [2.75, 3.05) is 0 Å². The number of rotatable bonds is 2. The molecule has 3 nitrogen and oxygen atoms in total. The molecule has 2 aliphatic heterocycles. The van der Waals surface area contributed by atoms with E-state index in [0.29, 0.717) is 5.02 Å². The van der Waals surface area contributed by atoms with Crippen LogP contribution < -0.4 is 4.74 Å². The summed E-state index contributed by atoms with van der Waals surface area (Å²) in [6, 6.07) is 18.5. The van der Waals surface area contributed by atoms with Crippen molar-refractivity contribution >= 4 is 17.3 Å². The predicted molar refractivity (Wildman–Crippen MR) is 113 cm³/mol. The van der Waals surface area contributed by atoms with E-state index in [-0.39, 0.29) is 11.9 Å². The average Bonchev–Trinajstić information content (AvgIpc) is 3.15. The summed E-state index contributed by atoms with van der Waals surface area (Å²) in [6.07, 6.45) is 0.343. The minimum atomic E-state index is -0.420. The zero-order valence-electron chi connectivity index (χ0n) is 16.2. The first-order chi connectivity index (χ1) is 14.0. The first-order valence-corrected chi connectivity index (χ1v) is 10.0. The van der Waals surface area contributed by atoms with Crippen LogP contribution in [0.2, 0.25) is 5.02 Å². The Hall–Kier alpha value is -2.85. The molecule has 0 aromatic heterocycles. The summed E-state index contributed by atoms with van der Waals surface area (Å²) in [5.41, 5.74) is 6.47. The first-order valence-electron chi connectivity index (χ1n) is 9.64. The second kappa shape index (κ2) is 6.89. The highest BCUT2D eigenvalue weighted by molar-refractivity contribution is 6.30. The predicted octanol–water partition coefficient (Wildman–Crippen LogP) is 6.34. The summed E-state index contributed by atoms with van der Waals surface area (Å²) in [4.78, 5) is 0. The van der Waals surface area contributed by atoms with Crippen molar-refractivity contribution in [2.45, 2.75) is 32.5 Å². The molecule has 0 aliphatic carbocycles. The van der Waals surface area contributed by atoms with Gasteiger partial charge in [-0.25, -0.2) is 9.40 Å². The lowest BCUT2D eigenvalue weighted by Crippen LogP contribution is -2.33. The number of nitrogens with zero attached hydrogens (tertiary/aromatic N) is 2. The molecule has 2 heterocycles. The second-order valence-electron chi connectivity index (χ2n) is 7.67. The highest BCUT2D eigenvalue weighted by atomic mass is 35.5. The Balaban J connectivity index is 1.62. The van der Waals surface area contributed by atoms with Gasteiger partial charge in [-0.1, -0.05) is 41.4 Å². The lowest BCUT2D eigenvalue weighted by atomic mass is 9.93. The maximum Gasteiger partial charge on any atom is 0.213 e. The molecule has 2 aliphatic rings. The van der Waals surface area contributed by atoms with Crippen LogP contribution in [0.25, 0.3) is 0 Å². The number of hydrazone groups is 1. The zero-order valence-corrected chi connectivity index (χ0v) is 16.9. The summed E-state index contributed by atoms with van der Waals surface area (Å²) in [5, 5.41) is 7.64. The van der Waals surface area contributed by atoms with E-state index in [1.807, 2.05) is 23.2 Å². The van der Waals surface area contributed by atoms with Crippen LogP contribution in [-0.2, 0) is 0 Å². The topological polar surface area (TPSA) is 24.8 Å². The van der Waals surface area contributed by atoms with Gasteiger partial charge in [0.05, 0.1) is 11.8 Å². The van der Waals surface area contributed by atoms with Gasteiger partial charge in [-0.15, -0.1) is 0 Å². The van der Waals surface area contributed by atoms with Crippen LogP contribution >= 0.6 is 11.6 Å². The molecule has 0 bridgehead atoms. The van der Waals surface area contributed by atoms with E-state index >= 15 is 0 Å². The zero-order chi connectivity index (χ0) is 20.1. The number of ether oxygens (including phenoxy) is 1. The number of fused-ring (bicyclic) bond motifs is 3. The van der Waals surface area contributed by atoms with Crippen LogP contribution in [0.5, 0.6) is 5.75 Å². The van der Waals surface area contributed by atoms with E-state index in [9.17, 15) is 4.39 Å². The Bertz CT molecular complexity index is 1130. The van der Waals surface area contributed by atoms with Crippen molar-refractivity contribution in [3.8, 4) is 5.75 Å². The first kappa shape index (κ1) is 18.2.